The summed E-state index contributed by atoms with van der Waals surface area (Å²) in [6.45, 7) is -0.533. The van der Waals surface area contributed by atoms with Crippen LogP contribution in [0.4, 0.5) is 5.82 Å². The van der Waals surface area contributed by atoms with Crippen LogP contribution in [0.2, 0.25) is 0 Å². The summed E-state index contributed by atoms with van der Waals surface area (Å²) in [5.41, 5.74) is 0.446. The highest BCUT2D eigenvalue weighted by Gasteiger charge is 2.55. The average Bonchev–Trinajstić information content (AvgIpc) is 3.59. The van der Waals surface area contributed by atoms with Crippen LogP contribution < -0.4 is 10.1 Å². The minimum Gasteiger partial charge on any atom is -0.497 e. The molecule has 10 heteroatoms. The van der Waals surface area contributed by atoms with Crippen LogP contribution in [0.1, 0.15) is 22.9 Å². The largest absolute Gasteiger partial charge is 0.497 e. The van der Waals surface area contributed by atoms with Gasteiger partial charge in [0.1, 0.15) is 29.8 Å². The van der Waals surface area contributed by atoms with Gasteiger partial charge in [-0.3, -0.25) is 4.57 Å². The van der Waals surface area contributed by atoms with Gasteiger partial charge < -0.3 is 30.1 Å². The van der Waals surface area contributed by atoms with Crippen molar-refractivity contribution in [3.05, 3.63) is 114 Å². The average molecular weight is 564 g/mol. The maximum atomic E-state index is 11.2. The molecule has 1 aliphatic rings. The van der Waals surface area contributed by atoms with E-state index in [1.807, 2.05) is 84.9 Å². The van der Waals surface area contributed by atoms with Crippen molar-refractivity contribution in [1.29, 1.82) is 0 Å². The molecule has 0 saturated carbocycles. The van der Waals surface area contributed by atoms with Crippen LogP contribution in [0.25, 0.3) is 11.2 Å². The zero-order valence-electron chi connectivity index (χ0n) is 22.7. The van der Waals surface area contributed by atoms with Crippen molar-refractivity contribution in [2.75, 3.05) is 19.0 Å². The summed E-state index contributed by atoms with van der Waals surface area (Å²) in [7, 11) is 1.62. The molecule has 10 nitrogen and oxygen atoms in total. The lowest BCUT2D eigenvalue weighted by Crippen LogP contribution is -2.45. The number of benzene rings is 3. The maximum Gasteiger partial charge on any atom is 0.199 e. The van der Waals surface area contributed by atoms with E-state index in [1.165, 1.54) is 17.2 Å². The van der Waals surface area contributed by atoms with E-state index < -0.39 is 36.2 Å². The van der Waals surface area contributed by atoms with E-state index in [0.29, 0.717) is 17.0 Å². The van der Waals surface area contributed by atoms with E-state index in [2.05, 4.69) is 26.2 Å². The molecular weight excluding hydrogens is 534 g/mol. The van der Waals surface area contributed by atoms with Gasteiger partial charge in [-0.15, -0.1) is 6.42 Å². The number of aliphatic hydroxyl groups excluding tert-OH is 2. The molecule has 0 bridgehead atoms. The number of methoxy groups -OCH3 is 1. The van der Waals surface area contributed by atoms with E-state index >= 15 is 0 Å². The van der Waals surface area contributed by atoms with Crippen molar-refractivity contribution in [3.63, 3.8) is 0 Å². The molecule has 1 saturated heterocycles. The van der Waals surface area contributed by atoms with Crippen LogP contribution in [0.5, 0.6) is 5.75 Å². The Bertz CT molecular complexity index is 1680. The predicted octanol–water partition coefficient (Wildman–Crippen LogP) is 2.85. The summed E-state index contributed by atoms with van der Waals surface area (Å²) in [4.78, 5) is 13.6. The van der Waals surface area contributed by atoms with Gasteiger partial charge in [0.05, 0.1) is 20.0 Å². The monoisotopic (exact) mass is 563 g/mol. The normalized spacial score (nSPS) is 22.1. The summed E-state index contributed by atoms with van der Waals surface area (Å²) in [6, 6.07) is 27.8. The number of aliphatic hydroxyl groups is 3. The number of nitrogens with one attached hydrogen (secondary N) is 1. The molecule has 0 spiro atoms. The Morgan fingerprint density at radius 3 is 2.17 bits per heavy atom. The molecule has 4 N–H and O–H groups in total. The second-order valence-corrected chi connectivity index (χ2v) is 10.0. The molecule has 1 fully saturated rings. The number of fused-ring (bicyclic) bond motifs is 1. The first-order valence-corrected chi connectivity index (χ1v) is 13.3. The van der Waals surface area contributed by atoms with Gasteiger partial charge in [0.2, 0.25) is 0 Å². The quantitative estimate of drug-likeness (QED) is 0.166. The zero-order valence-corrected chi connectivity index (χ0v) is 22.7. The minimum atomic E-state index is -2.12. The van der Waals surface area contributed by atoms with Crippen molar-refractivity contribution in [2.24, 2.45) is 0 Å². The highest BCUT2D eigenvalue weighted by Crippen LogP contribution is 2.43. The topological polar surface area (TPSA) is 135 Å². The Morgan fingerprint density at radius 2 is 1.60 bits per heavy atom. The number of anilines is 1. The number of aromatic nitrogens is 4. The first-order chi connectivity index (χ1) is 20.5. The molecule has 0 radical (unpaired) electrons. The van der Waals surface area contributed by atoms with Gasteiger partial charge in [0, 0.05) is 0 Å². The molecule has 3 aromatic carbocycles. The zero-order chi connectivity index (χ0) is 29.3. The fourth-order valence-electron chi connectivity index (χ4n) is 5.58. The second-order valence-electron chi connectivity index (χ2n) is 10.0. The number of ether oxygens (including phenoxy) is 2. The molecule has 6 rings (SSSR count). The maximum absolute atomic E-state index is 11.2. The van der Waals surface area contributed by atoms with Gasteiger partial charge >= 0.3 is 0 Å². The van der Waals surface area contributed by atoms with Crippen LogP contribution in [0, 0.1) is 12.3 Å². The Balaban J connectivity index is 1.54. The SMILES string of the molecule is C#C[C@@]1(O)[C@H](O)[C@@H](CO)O[C@H]1n1cnc2c(NC(c3ccccc3)(c3ccccc3)c3ccc(OC)cc3)ncnc21. The van der Waals surface area contributed by atoms with Crippen molar-refractivity contribution in [3.8, 4) is 18.1 Å². The molecule has 3 heterocycles. The Labute approximate surface area is 242 Å². The molecule has 5 aromatic rings. The van der Waals surface area contributed by atoms with Gasteiger partial charge in [0.15, 0.2) is 28.8 Å². The number of hydrogen-bond donors (Lipinski definition) is 4. The molecule has 4 atom stereocenters. The molecule has 0 aliphatic carbocycles. The number of rotatable bonds is 8. The van der Waals surface area contributed by atoms with Crippen molar-refractivity contribution in [2.45, 2.75) is 29.6 Å². The van der Waals surface area contributed by atoms with Crippen LogP contribution in [0.15, 0.2) is 97.6 Å². The number of hydrogen-bond acceptors (Lipinski definition) is 9. The minimum absolute atomic E-state index is 0.307. The third kappa shape index (κ3) is 4.27. The lowest BCUT2D eigenvalue weighted by atomic mass is 9.77. The molecule has 2 aromatic heterocycles. The Kier molecular flexibility index (Phi) is 7.10. The molecule has 1 aliphatic heterocycles. The summed E-state index contributed by atoms with van der Waals surface area (Å²) in [6.07, 6.45) is 4.57. The van der Waals surface area contributed by atoms with E-state index in [1.54, 1.807) is 7.11 Å². The standard InChI is InChI=1S/C32H29N5O5/c1-3-31(40)27(39)25(18-38)42-30(31)37-20-35-26-28(33-19-34-29(26)37)36-32(21-10-6-4-7-11-21,22-12-8-5-9-13-22)23-14-16-24(41-2)17-15-23/h1,4-17,19-20,25,27,30,38-40H,18H2,2H3,(H,33,34,36)/t25-,27-,30-,31-/m1/s1. The highest BCUT2D eigenvalue weighted by atomic mass is 16.6. The van der Waals surface area contributed by atoms with E-state index in [4.69, 9.17) is 15.9 Å². The summed E-state index contributed by atoms with van der Waals surface area (Å²) >= 11 is 0. The molecular formula is C32H29N5O5. The fraction of sp³-hybridized carbons (Fsp3) is 0.219. The van der Waals surface area contributed by atoms with E-state index in [9.17, 15) is 15.3 Å². The molecule has 42 heavy (non-hydrogen) atoms. The third-order valence-electron chi connectivity index (χ3n) is 7.75. The van der Waals surface area contributed by atoms with Crippen molar-refractivity contribution >= 4 is 17.0 Å². The second kappa shape index (κ2) is 10.9. The molecule has 0 amide bonds. The Hall–Kier alpha value is -4.79. The predicted molar refractivity (Wildman–Crippen MR) is 155 cm³/mol. The molecule has 0 unspecified atom stereocenters. The van der Waals surface area contributed by atoms with Crippen molar-refractivity contribution < 1.29 is 24.8 Å². The lowest BCUT2D eigenvalue weighted by molar-refractivity contribution is -0.0721. The van der Waals surface area contributed by atoms with E-state index in [0.717, 1.165) is 22.4 Å². The third-order valence-corrected chi connectivity index (χ3v) is 7.75. The van der Waals surface area contributed by atoms with Crippen LogP contribution in [0.3, 0.4) is 0 Å². The van der Waals surface area contributed by atoms with Crippen LogP contribution in [-0.2, 0) is 10.3 Å². The first-order valence-electron chi connectivity index (χ1n) is 13.3. The molecule has 212 valence electrons. The Morgan fingerprint density at radius 1 is 0.976 bits per heavy atom. The van der Waals surface area contributed by atoms with Gasteiger partial charge in [-0.05, 0) is 28.8 Å². The summed E-state index contributed by atoms with van der Waals surface area (Å²) in [5.74, 6) is 3.36. The number of imidazole rings is 1. The van der Waals surface area contributed by atoms with Gasteiger partial charge in [-0.2, -0.15) is 0 Å². The van der Waals surface area contributed by atoms with Gasteiger partial charge in [-0.25, -0.2) is 15.0 Å². The number of terminal acetylenes is 1. The van der Waals surface area contributed by atoms with E-state index in [-0.39, 0.29) is 0 Å². The smallest absolute Gasteiger partial charge is 0.199 e. The lowest BCUT2D eigenvalue weighted by Gasteiger charge is -2.37. The number of nitrogens with zero attached hydrogens (tertiary/aromatic N) is 4. The highest BCUT2D eigenvalue weighted by molar-refractivity contribution is 5.84. The summed E-state index contributed by atoms with van der Waals surface area (Å²) < 4.78 is 12.7. The van der Waals surface area contributed by atoms with Crippen LogP contribution in [-0.4, -0.2) is 66.4 Å². The van der Waals surface area contributed by atoms with Gasteiger partial charge in [-0.1, -0.05) is 78.7 Å². The first kappa shape index (κ1) is 27.4. The van der Waals surface area contributed by atoms with Crippen molar-refractivity contribution in [1.82, 2.24) is 19.5 Å². The van der Waals surface area contributed by atoms with Gasteiger partial charge in [0.25, 0.3) is 0 Å². The fourth-order valence-corrected chi connectivity index (χ4v) is 5.58. The summed E-state index contributed by atoms with van der Waals surface area (Å²) in [5, 5.41) is 35.2. The van der Waals surface area contributed by atoms with Crippen LogP contribution >= 0.6 is 0 Å².